The summed E-state index contributed by atoms with van der Waals surface area (Å²) in [6.07, 6.45) is 0.910. The SMILES string of the molecule is c1ccc(-c2ccc(-c3cc(-c4ccc5c(c4)-c4ccccc4-c4ccccc4C54c5ccccc5-c5ccccc54)nc(-c4ccc5c(c4)Cc4ccccc4-5)n3)cc2)cc1. The molecule has 13 rings (SSSR count). The predicted octanol–water partition coefficient (Wildman–Crippen LogP) is 14.7. The van der Waals surface area contributed by atoms with Crippen molar-refractivity contribution in [1.82, 2.24) is 9.97 Å². The summed E-state index contributed by atoms with van der Waals surface area (Å²) in [4.78, 5) is 10.8. The molecule has 1 heterocycles. The van der Waals surface area contributed by atoms with Crippen molar-refractivity contribution in [2.45, 2.75) is 11.8 Å². The summed E-state index contributed by atoms with van der Waals surface area (Å²) in [5, 5.41) is 0. The van der Waals surface area contributed by atoms with Crippen molar-refractivity contribution in [3.8, 4) is 89.5 Å². The fourth-order valence-corrected chi connectivity index (χ4v) is 10.8. The number of fused-ring (bicyclic) bond motifs is 15. The lowest BCUT2D eigenvalue weighted by molar-refractivity contribution is 0.775. The van der Waals surface area contributed by atoms with Gasteiger partial charge in [-0.1, -0.05) is 200 Å². The Labute approximate surface area is 361 Å². The lowest BCUT2D eigenvalue weighted by atomic mass is 9.66. The molecule has 62 heavy (non-hydrogen) atoms. The normalized spacial score (nSPS) is 13.2. The maximum atomic E-state index is 5.46. The molecule has 0 aliphatic heterocycles. The van der Waals surface area contributed by atoms with Crippen molar-refractivity contribution in [2.24, 2.45) is 0 Å². The van der Waals surface area contributed by atoms with Gasteiger partial charge in [-0.3, -0.25) is 0 Å². The van der Waals surface area contributed by atoms with E-state index < -0.39 is 5.41 Å². The van der Waals surface area contributed by atoms with E-state index in [2.05, 4.69) is 218 Å². The van der Waals surface area contributed by atoms with Crippen molar-refractivity contribution in [1.29, 1.82) is 0 Å². The van der Waals surface area contributed by atoms with E-state index in [1.807, 2.05) is 0 Å². The van der Waals surface area contributed by atoms with Gasteiger partial charge in [0.05, 0.1) is 16.8 Å². The summed E-state index contributed by atoms with van der Waals surface area (Å²) >= 11 is 0. The Morgan fingerprint density at radius 1 is 0.274 bits per heavy atom. The summed E-state index contributed by atoms with van der Waals surface area (Å²) in [7, 11) is 0. The summed E-state index contributed by atoms with van der Waals surface area (Å²) in [6, 6.07) is 80.2. The van der Waals surface area contributed by atoms with E-state index in [-0.39, 0.29) is 0 Å². The van der Waals surface area contributed by atoms with E-state index >= 15 is 0 Å². The van der Waals surface area contributed by atoms with Crippen LogP contribution in [-0.2, 0) is 11.8 Å². The molecule has 0 fully saturated rings. The van der Waals surface area contributed by atoms with E-state index in [0.29, 0.717) is 0 Å². The molecule has 0 saturated carbocycles. The van der Waals surface area contributed by atoms with Crippen LogP contribution in [0.1, 0.15) is 33.4 Å². The zero-order valence-electron chi connectivity index (χ0n) is 33.9. The standard InChI is InChI=1S/C60H38N2/c1-2-14-38(15-3-1)39-26-28-40(29-27-39)57-37-58(62-59(61-57)43-30-32-46-44(35-43)34-41-16-4-5-17-45(41)46)42-31-33-56-52(36-42)48-19-7-6-18-47(48)49-20-8-11-23-53(49)60(56)54-24-12-9-21-50(54)51-22-10-13-25-55(51)60/h1-33,35-37H,34H2. The van der Waals surface area contributed by atoms with E-state index in [1.54, 1.807) is 0 Å². The van der Waals surface area contributed by atoms with Crippen LogP contribution in [0, 0.1) is 0 Å². The molecule has 1 aromatic heterocycles. The molecule has 0 amide bonds. The minimum absolute atomic E-state index is 0.527. The first-order valence-electron chi connectivity index (χ1n) is 21.5. The van der Waals surface area contributed by atoms with Crippen LogP contribution < -0.4 is 0 Å². The van der Waals surface area contributed by atoms with Gasteiger partial charge in [0.15, 0.2) is 5.82 Å². The highest BCUT2D eigenvalue weighted by atomic mass is 14.9. The number of nitrogens with zero attached hydrogens (tertiary/aromatic N) is 2. The Balaban J connectivity index is 1.04. The van der Waals surface area contributed by atoms with Crippen molar-refractivity contribution >= 4 is 0 Å². The van der Waals surface area contributed by atoms with Crippen LogP contribution in [0.5, 0.6) is 0 Å². The van der Waals surface area contributed by atoms with Crippen LogP contribution >= 0.6 is 0 Å². The van der Waals surface area contributed by atoms with E-state index in [4.69, 9.17) is 9.97 Å². The highest BCUT2D eigenvalue weighted by molar-refractivity contribution is 5.98. The zero-order chi connectivity index (χ0) is 40.8. The lowest BCUT2D eigenvalue weighted by Gasteiger charge is -2.35. The average Bonchev–Trinajstić information content (AvgIpc) is 3.84. The van der Waals surface area contributed by atoms with Crippen LogP contribution in [0.2, 0.25) is 0 Å². The molecule has 2 heteroatoms. The minimum Gasteiger partial charge on any atom is -0.228 e. The first kappa shape index (κ1) is 34.9. The average molecular weight is 787 g/mol. The van der Waals surface area contributed by atoms with Crippen LogP contribution in [-0.4, -0.2) is 9.97 Å². The second-order valence-corrected chi connectivity index (χ2v) is 16.8. The number of benzene rings is 9. The number of aromatic nitrogens is 2. The third-order valence-corrected chi connectivity index (χ3v) is 13.6. The number of rotatable bonds is 4. The highest BCUT2D eigenvalue weighted by Crippen LogP contribution is 2.61. The van der Waals surface area contributed by atoms with E-state index in [0.717, 1.165) is 40.3 Å². The monoisotopic (exact) mass is 786 g/mol. The molecule has 3 aliphatic carbocycles. The Morgan fingerprint density at radius 2 is 0.726 bits per heavy atom. The first-order valence-corrected chi connectivity index (χ1v) is 21.5. The predicted molar refractivity (Wildman–Crippen MR) is 254 cm³/mol. The second kappa shape index (κ2) is 13.5. The van der Waals surface area contributed by atoms with Gasteiger partial charge >= 0.3 is 0 Å². The third-order valence-electron chi connectivity index (χ3n) is 13.6. The van der Waals surface area contributed by atoms with Crippen molar-refractivity contribution in [3.05, 3.63) is 252 Å². The summed E-state index contributed by atoms with van der Waals surface area (Å²) < 4.78 is 0. The molecule has 10 aromatic rings. The van der Waals surface area contributed by atoms with Gasteiger partial charge in [0.1, 0.15) is 0 Å². The van der Waals surface area contributed by atoms with E-state index in [9.17, 15) is 0 Å². The highest BCUT2D eigenvalue weighted by Gasteiger charge is 2.49. The summed E-state index contributed by atoms with van der Waals surface area (Å²) in [5.74, 6) is 0.723. The second-order valence-electron chi connectivity index (χ2n) is 16.8. The molecular formula is C60H38N2. The molecule has 1 spiro atoms. The Kier molecular flexibility index (Phi) is 7.62. The molecule has 0 N–H and O–H groups in total. The van der Waals surface area contributed by atoms with Gasteiger partial charge in [-0.05, 0) is 114 Å². The zero-order valence-corrected chi connectivity index (χ0v) is 33.9. The molecule has 0 atom stereocenters. The van der Waals surface area contributed by atoms with Gasteiger partial charge in [-0.25, -0.2) is 9.97 Å². The van der Waals surface area contributed by atoms with Gasteiger partial charge in [0.25, 0.3) is 0 Å². The fourth-order valence-electron chi connectivity index (χ4n) is 10.8. The van der Waals surface area contributed by atoms with Gasteiger partial charge in [0, 0.05) is 16.7 Å². The summed E-state index contributed by atoms with van der Waals surface area (Å²) in [6.45, 7) is 0. The molecule has 288 valence electrons. The Morgan fingerprint density at radius 3 is 1.40 bits per heavy atom. The van der Waals surface area contributed by atoms with Crippen molar-refractivity contribution in [2.75, 3.05) is 0 Å². The third kappa shape index (κ3) is 5.10. The largest absolute Gasteiger partial charge is 0.228 e. The number of hydrogen-bond donors (Lipinski definition) is 0. The minimum atomic E-state index is -0.527. The Bertz CT molecular complexity index is 3390. The molecule has 3 aliphatic rings. The molecule has 2 nitrogen and oxygen atoms in total. The topological polar surface area (TPSA) is 25.8 Å². The molecule has 0 bridgehead atoms. The van der Waals surface area contributed by atoms with Crippen LogP contribution in [0.15, 0.2) is 218 Å². The maximum absolute atomic E-state index is 5.46. The van der Waals surface area contributed by atoms with Crippen LogP contribution in [0.25, 0.3) is 89.5 Å². The van der Waals surface area contributed by atoms with Crippen LogP contribution in [0.4, 0.5) is 0 Å². The first-order chi connectivity index (χ1) is 30.7. The molecular weight excluding hydrogens is 749 g/mol. The summed E-state index contributed by atoms with van der Waals surface area (Å²) in [5.41, 5.74) is 24.8. The van der Waals surface area contributed by atoms with Crippen molar-refractivity contribution < 1.29 is 0 Å². The smallest absolute Gasteiger partial charge is 0.160 e. The lowest BCUT2D eigenvalue weighted by Crippen LogP contribution is -2.29. The molecule has 9 aromatic carbocycles. The van der Waals surface area contributed by atoms with E-state index in [1.165, 1.54) is 89.0 Å². The van der Waals surface area contributed by atoms with Crippen LogP contribution in [0.3, 0.4) is 0 Å². The fraction of sp³-hybridized carbons (Fsp3) is 0.0333. The molecule has 0 radical (unpaired) electrons. The van der Waals surface area contributed by atoms with Gasteiger partial charge < -0.3 is 0 Å². The maximum Gasteiger partial charge on any atom is 0.160 e. The molecule has 0 saturated heterocycles. The van der Waals surface area contributed by atoms with Gasteiger partial charge in [-0.2, -0.15) is 0 Å². The Hall–Kier alpha value is -7.94. The van der Waals surface area contributed by atoms with Crippen molar-refractivity contribution in [3.63, 3.8) is 0 Å². The number of hydrogen-bond acceptors (Lipinski definition) is 2. The molecule has 0 unspecified atom stereocenters. The van der Waals surface area contributed by atoms with Gasteiger partial charge in [0.2, 0.25) is 0 Å². The quantitative estimate of drug-likeness (QED) is 0.178. The van der Waals surface area contributed by atoms with Gasteiger partial charge in [-0.15, -0.1) is 0 Å².